The van der Waals surface area contributed by atoms with E-state index < -0.39 is 20.3 Å². The summed E-state index contributed by atoms with van der Waals surface area (Å²) in [5, 5.41) is 0. The van der Waals surface area contributed by atoms with Crippen LogP contribution in [0, 0.1) is 0 Å². The van der Waals surface area contributed by atoms with E-state index in [0.29, 0.717) is 7.25 Å². The molecule has 0 amide bonds. The van der Waals surface area contributed by atoms with Crippen LogP contribution >= 0.6 is 0 Å². The van der Waals surface area contributed by atoms with Crippen molar-refractivity contribution in [1.82, 2.24) is 0 Å². The summed E-state index contributed by atoms with van der Waals surface area (Å²) < 4.78 is 6.61. The molecule has 0 heterocycles. The summed E-state index contributed by atoms with van der Waals surface area (Å²) in [5.41, 5.74) is 6.00. The molecule has 2 aromatic rings. The third-order valence-electron chi connectivity index (χ3n) is 5.20. The van der Waals surface area contributed by atoms with Gasteiger partial charge in [-0.3, -0.25) is 0 Å². The Morgan fingerprint density at radius 3 is 1.57 bits per heavy atom. The average molecular weight is 352 g/mol. The fourth-order valence-corrected chi connectivity index (χ4v) is 13.1. The SMILES string of the molecule is [CH3][Zr-3]([CH3])([CH]1C=Cc2ccccc21)[CH]1C=Cc2ccccc21. The number of fused-ring (bicyclic) bond motifs is 2. The van der Waals surface area contributed by atoms with Gasteiger partial charge in [0.15, 0.2) is 0 Å². The van der Waals surface area contributed by atoms with Crippen LogP contribution in [0.15, 0.2) is 60.7 Å². The van der Waals surface area contributed by atoms with E-state index in [2.05, 4.69) is 82.1 Å². The maximum absolute atomic E-state index is 2.61. The molecule has 2 atom stereocenters. The maximum atomic E-state index is 2.61. The molecule has 2 aliphatic carbocycles. The zero-order valence-electron chi connectivity index (χ0n) is 12.6. The van der Waals surface area contributed by atoms with Crippen molar-refractivity contribution in [3.05, 3.63) is 82.9 Å². The summed E-state index contributed by atoms with van der Waals surface area (Å²) in [6.45, 7) is 0. The van der Waals surface area contributed by atoms with E-state index >= 15 is 0 Å². The van der Waals surface area contributed by atoms with Crippen LogP contribution < -0.4 is 0 Å². The topological polar surface area (TPSA) is 0 Å². The van der Waals surface area contributed by atoms with Crippen molar-refractivity contribution in [1.29, 1.82) is 0 Å². The van der Waals surface area contributed by atoms with Crippen LogP contribution in [0.5, 0.6) is 0 Å². The Labute approximate surface area is 131 Å². The second-order valence-corrected chi connectivity index (χ2v) is 18.8. The molecule has 2 aromatic carbocycles. The summed E-state index contributed by atoms with van der Waals surface area (Å²) in [6, 6.07) is 17.9. The summed E-state index contributed by atoms with van der Waals surface area (Å²) in [6.07, 6.45) is 9.64. The van der Waals surface area contributed by atoms with Crippen LogP contribution in [0.2, 0.25) is 9.26 Å². The molecule has 0 nitrogen and oxygen atoms in total. The molecule has 0 radical (unpaired) electrons. The molecule has 0 aromatic heterocycles. The van der Waals surface area contributed by atoms with Crippen LogP contribution in [-0.4, -0.2) is 0 Å². The Balaban J connectivity index is 1.76. The molecule has 0 saturated heterocycles. The molecular weight excluding hydrogens is 331 g/mol. The van der Waals surface area contributed by atoms with Crippen molar-refractivity contribution in [2.24, 2.45) is 0 Å². The van der Waals surface area contributed by atoms with Crippen molar-refractivity contribution >= 4 is 12.2 Å². The number of benzene rings is 2. The quantitative estimate of drug-likeness (QED) is 0.644. The first-order chi connectivity index (χ1) is 10.2. The number of rotatable bonds is 2. The van der Waals surface area contributed by atoms with Crippen LogP contribution in [-0.2, 0) is 20.3 Å². The number of allylic oxidation sites excluding steroid dienone is 2. The minimum atomic E-state index is -2.38. The van der Waals surface area contributed by atoms with Gasteiger partial charge in [-0.15, -0.1) is 0 Å². The van der Waals surface area contributed by atoms with Crippen LogP contribution in [0.4, 0.5) is 0 Å². The summed E-state index contributed by atoms with van der Waals surface area (Å²) in [5.74, 6) is 0. The van der Waals surface area contributed by atoms with E-state index in [9.17, 15) is 0 Å². The van der Waals surface area contributed by atoms with Crippen molar-refractivity contribution in [2.75, 3.05) is 0 Å². The molecule has 0 N–H and O–H groups in total. The van der Waals surface area contributed by atoms with Crippen LogP contribution in [0.3, 0.4) is 0 Å². The van der Waals surface area contributed by atoms with E-state index in [-0.39, 0.29) is 0 Å². The second kappa shape index (κ2) is 4.92. The van der Waals surface area contributed by atoms with Gasteiger partial charge in [-0.05, 0) is 0 Å². The first-order valence-electron chi connectivity index (χ1n) is 7.72. The first kappa shape index (κ1) is 13.5. The molecule has 4 rings (SSSR count). The molecule has 0 spiro atoms. The molecular formula is C20H20Zr-3. The van der Waals surface area contributed by atoms with Gasteiger partial charge in [0.05, 0.1) is 0 Å². The number of hydrogen-bond acceptors (Lipinski definition) is 0. The molecule has 2 unspecified atom stereocenters. The van der Waals surface area contributed by atoms with Crippen molar-refractivity contribution in [2.45, 2.75) is 16.5 Å². The first-order valence-corrected chi connectivity index (χ1v) is 15.5. The predicted molar refractivity (Wildman–Crippen MR) is 88.2 cm³/mol. The summed E-state index contributed by atoms with van der Waals surface area (Å²) >= 11 is -2.38. The van der Waals surface area contributed by atoms with Gasteiger partial charge in [0, 0.05) is 0 Å². The third-order valence-corrected chi connectivity index (χ3v) is 15.6. The van der Waals surface area contributed by atoms with E-state index in [1.807, 2.05) is 0 Å². The Morgan fingerprint density at radius 2 is 1.10 bits per heavy atom. The van der Waals surface area contributed by atoms with E-state index in [1.165, 1.54) is 11.1 Å². The molecule has 0 bridgehead atoms. The molecule has 0 fully saturated rings. The van der Waals surface area contributed by atoms with Crippen LogP contribution in [0.25, 0.3) is 12.2 Å². The fraction of sp³-hybridized carbons (Fsp3) is 0.200. The van der Waals surface area contributed by atoms with Gasteiger partial charge in [0.1, 0.15) is 0 Å². The van der Waals surface area contributed by atoms with E-state index in [0.717, 1.165) is 0 Å². The fourth-order valence-electron chi connectivity index (χ4n) is 3.99. The second-order valence-electron chi connectivity index (χ2n) is 6.75. The zero-order valence-corrected chi connectivity index (χ0v) is 15.0. The van der Waals surface area contributed by atoms with Gasteiger partial charge in [-0.1, -0.05) is 0 Å². The molecule has 1 heteroatoms. The zero-order chi connectivity index (χ0) is 14.4. The molecule has 2 aliphatic rings. The van der Waals surface area contributed by atoms with Gasteiger partial charge in [-0.2, -0.15) is 0 Å². The average Bonchev–Trinajstić information content (AvgIpc) is 3.12. The standard InChI is InChI=1S/2C9H7.2CH3.Zr/c2*1-2-5-9-7-3-6-8(9)4-1;;;/h2*1-7H;2*1H3;/q;;;;-3. The van der Waals surface area contributed by atoms with Gasteiger partial charge in [0.25, 0.3) is 0 Å². The van der Waals surface area contributed by atoms with Gasteiger partial charge in [0.2, 0.25) is 0 Å². The molecule has 107 valence electrons. The predicted octanol–water partition coefficient (Wildman–Crippen LogP) is 5.77. The summed E-state index contributed by atoms with van der Waals surface area (Å²) in [7, 11) is 0. The Bertz CT molecular complexity index is 688. The minimum absolute atomic E-state index is 0.691. The summed E-state index contributed by atoms with van der Waals surface area (Å²) in [4.78, 5) is 0. The van der Waals surface area contributed by atoms with E-state index in [4.69, 9.17) is 0 Å². The van der Waals surface area contributed by atoms with Gasteiger partial charge in [-0.25, -0.2) is 0 Å². The van der Waals surface area contributed by atoms with Crippen molar-refractivity contribution < 1.29 is 20.3 Å². The van der Waals surface area contributed by atoms with Crippen molar-refractivity contribution in [3.8, 4) is 0 Å². The number of hydrogen-bond donors (Lipinski definition) is 0. The van der Waals surface area contributed by atoms with E-state index in [1.54, 1.807) is 11.1 Å². The normalized spacial score (nSPS) is 23.1. The van der Waals surface area contributed by atoms with Crippen molar-refractivity contribution in [3.63, 3.8) is 0 Å². The van der Waals surface area contributed by atoms with Gasteiger partial charge >= 0.3 is 132 Å². The monoisotopic (exact) mass is 350 g/mol. The third kappa shape index (κ3) is 2.06. The Kier molecular flexibility index (Phi) is 3.15. The van der Waals surface area contributed by atoms with Gasteiger partial charge < -0.3 is 0 Å². The Morgan fingerprint density at radius 1 is 0.667 bits per heavy atom. The van der Waals surface area contributed by atoms with Crippen LogP contribution in [0.1, 0.15) is 29.5 Å². The molecule has 0 saturated carbocycles. The Hall–Kier alpha value is -1.20. The molecule has 21 heavy (non-hydrogen) atoms. The molecule has 0 aliphatic heterocycles.